The second kappa shape index (κ2) is 10.8. The lowest BCUT2D eigenvalue weighted by Crippen LogP contribution is -2.50. The van der Waals surface area contributed by atoms with Crippen LogP contribution < -0.4 is 21.1 Å². The number of amides is 4. The predicted molar refractivity (Wildman–Crippen MR) is 125 cm³/mol. The van der Waals surface area contributed by atoms with Crippen LogP contribution in [0.25, 0.3) is 0 Å². The second-order valence-corrected chi connectivity index (χ2v) is 7.79. The van der Waals surface area contributed by atoms with Gasteiger partial charge in [0.1, 0.15) is 0 Å². The average Bonchev–Trinajstić information content (AvgIpc) is 3.25. The highest BCUT2D eigenvalue weighted by Crippen LogP contribution is 2.22. The van der Waals surface area contributed by atoms with E-state index in [-0.39, 0.29) is 17.4 Å². The molecule has 1 aromatic heterocycles. The van der Waals surface area contributed by atoms with Gasteiger partial charge in [-0.3, -0.25) is 0 Å². The quantitative estimate of drug-likeness (QED) is 0.325. The third kappa shape index (κ3) is 6.33. The van der Waals surface area contributed by atoms with Crippen molar-refractivity contribution in [1.82, 2.24) is 10.4 Å². The Morgan fingerprint density at radius 3 is 2.09 bits per heavy atom. The molecule has 0 aliphatic heterocycles. The molecule has 0 aliphatic carbocycles. The number of anilines is 3. The number of thiazole rings is 1. The van der Waals surface area contributed by atoms with Gasteiger partial charge in [0.25, 0.3) is 0 Å². The number of rotatable bonds is 5. The number of hydrazine groups is 1. The van der Waals surface area contributed by atoms with Crippen molar-refractivity contribution in [2.24, 2.45) is 0 Å². The monoisotopic (exact) mass is 493 g/mol. The molecule has 0 saturated carbocycles. The van der Waals surface area contributed by atoms with Crippen LogP contribution in [0.2, 0.25) is 10.0 Å². The molecule has 9 nitrogen and oxygen atoms in total. The molecule has 0 fully saturated rings. The van der Waals surface area contributed by atoms with Crippen LogP contribution in [-0.2, 0) is 4.74 Å². The minimum atomic E-state index is -0.719. The van der Waals surface area contributed by atoms with Crippen LogP contribution in [0.5, 0.6) is 0 Å². The van der Waals surface area contributed by atoms with Gasteiger partial charge < -0.3 is 15.4 Å². The first kappa shape index (κ1) is 23.3. The van der Waals surface area contributed by atoms with Crippen molar-refractivity contribution in [2.45, 2.75) is 6.92 Å². The zero-order valence-electron chi connectivity index (χ0n) is 16.6. The Morgan fingerprint density at radius 2 is 1.53 bits per heavy atom. The SMILES string of the molecule is CCOC(=O)c1csc(N(NC(=O)Nc2ccc(Cl)cc2)C(=O)Nc2ccc(Cl)cc2)n1. The van der Waals surface area contributed by atoms with Crippen molar-refractivity contribution in [3.63, 3.8) is 0 Å². The minimum absolute atomic E-state index is 0.0102. The predicted octanol–water partition coefficient (Wildman–Crippen LogP) is 5.40. The second-order valence-electron chi connectivity index (χ2n) is 6.08. The van der Waals surface area contributed by atoms with Gasteiger partial charge in [0, 0.05) is 26.8 Å². The topological polar surface area (TPSA) is 113 Å². The molecule has 0 radical (unpaired) electrons. The minimum Gasteiger partial charge on any atom is -0.461 e. The molecule has 32 heavy (non-hydrogen) atoms. The molecule has 0 atom stereocenters. The van der Waals surface area contributed by atoms with Gasteiger partial charge in [-0.15, -0.1) is 11.3 Å². The lowest BCUT2D eigenvalue weighted by molar-refractivity contribution is 0.0520. The van der Waals surface area contributed by atoms with E-state index in [0.29, 0.717) is 21.4 Å². The number of carbonyl (C=O) groups excluding carboxylic acids is 3. The number of benzene rings is 2. The molecule has 1 heterocycles. The molecular weight excluding hydrogens is 477 g/mol. The number of esters is 1. The molecule has 0 unspecified atom stereocenters. The summed E-state index contributed by atoms with van der Waals surface area (Å²) in [6.07, 6.45) is 0. The maximum atomic E-state index is 12.9. The standard InChI is InChI=1S/C20H17Cl2N5O4S/c1-2-31-17(28)16-11-32-20(25-16)27(19(30)24-15-9-5-13(22)6-10-15)26-18(29)23-14-7-3-12(21)4-8-14/h3-11H,2H2,1H3,(H,24,30)(H2,23,26,29). The van der Waals surface area contributed by atoms with Gasteiger partial charge in [-0.1, -0.05) is 23.2 Å². The first-order chi connectivity index (χ1) is 15.4. The van der Waals surface area contributed by atoms with Crippen LogP contribution in [0.3, 0.4) is 0 Å². The van der Waals surface area contributed by atoms with Crippen molar-refractivity contribution in [3.05, 3.63) is 69.7 Å². The summed E-state index contributed by atoms with van der Waals surface area (Å²) in [5, 5.41) is 8.57. The summed E-state index contributed by atoms with van der Waals surface area (Å²) in [6, 6.07) is 11.4. The van der Waals surface area contributed by atoms with Gasteiger partial charge in [-0.2, -0.15) is 5.01 Å². The molecule has 3 rings (SSSR count). The molecule has 4 amide bonds. The highest BCUT2D eigenvalue weighted by atomic mass is 35.5. The van der Waals surface area contributed by atoms with E-state index in [0.717, 1.165) is 16.3 Å². The fraction of sp³-hybridized carbons (Fsp3) is 0.100. The molecule has 3 N–H and O–H groups in total. The smallest absolute Gasteiger partial charge is 0.357 e. The average molecular weight is 494 g/mol. The highest BCUT2D eigenvalue weighted by Gasteiger charge is 2.24. The first-order valence-corrected chi connectivity index (χ1v) is 10.8. The number of halogens is 2. The van der Waals surface area contributed by atoms with E-state index >= 15 is 0 Å². The molecule has 0 bridgehead atoms. The third-order valence-corrected chi connectivity index (χ3v) is 5.11. The zero-order valence-corrected chi connectivity index (χ0v) is 18.9. The van der Waals surface area contributed by atoms with E-state index < -0.39 is 18.0 Å². The molecule has 12 heteroatoms. The van der Waals surface area contributed by atoms with Crippen molar-refractivity contribution < 1.29 is 19.1 Å². The van der Waals surface area contributed by atoms with Gasteiger partial charge in [-0.05, 0) is 55.5 Å². The van der Waals surface area contributed by atoms with Crippen LogP contribution in [0.4, 0.5) is 26.1 Å². The fourth-order valence-corrected chi connectivity index (χ4v) is 3.36. The summed E-state index contributed by atoms with van der Waals surface area (Å²) in [7, 11) is 0. The Bertz CT molecular complexity index is 1110. The van der Waals surface area contributed by atoms with Crippen LogP contribution in [-0.4, -0.2) is 29.6 Å². The summed E-state index contributed by atoms with van der Waals surface area (Å²) < 4.78 is 4.92. The summed E-state index contributed by atoms with van der Waals surface area (Å²) in [4.78, 5) is 41.5. The first-order valence-electron chi connectivity index (χ1n) is 9.18. The number of carbonyl (C=O) groups is 3. The molecule has 166 valence electrons. The number of nitrogens with one attached hydrogen (secondary N) is 3. The Morgan fingerprint density at radius 1 is 0.969 bits per heavy atom. The maximum Gasteiger partial charge on any atom is 0.357 e. The highest BCUT2D eigenvalue weighted by molar-refractivity contribution is 7.14. The number of hydrogen-bond donors (Lipinski definition) is 3. The zero-order chi connectivity index (χ0) is 23.1. The van der Waals surface area contributed by atoms with Crippen LogP contribution >= 0.6 is 34.5 Å². The molecule has 2 aromatic carbocycles. The number of nitrogens with zero attached hydrogens (tertiary/aromatic N) is 2. The molecule has 0 aliphatic rings. The summed E-state index contributed by atoms with van der Waals surface area (Å²) in [5.41, 5.74) is 3.32. The summed E-state index contributed by atoms with van der Waals surface area (Å²) in [5.74, 6) is -0.640. The van der Waals surface area contributed by atoms with E-state index in [4.69, 9.17) is 27.9 Å². The fourth-order valence-electron chi connectivity index (χ4n) is 2.36. The van der Waals surface area contributed by atoms with Crippen molar-refractivity contribution in [1.29, 1.82) is 0 Å². The van der Waals surface area contributed by atoms with E-state index in [1.165, 1.54) is 5.38 Å². The largest absolute Gasteiger partial charge is 0.461 e. The van der Waals surface area contributed by atoms with Crippen molar-refractivity contribution in [2.75, 3.05) is 22.2 Å². The van der Waals surface area contributed by atoms with Gasteiger partial charge in [0.15, 0.2) is 5.69 Å². The molecular formula is C20H17Cl2N5O4S. The molecule has 3 aromatic rings. The lowest BCUT2D eigenvalue weighted by atomic mass is 10.3. The maximum absolute atomic E-state index is 12.9. The molecule has 0 spiro atoms. The Hall–Kier alpha value is -3.34. The Balaban J connectivity index is 1.80. The van der Waals surface area contributed by atoms with Crippen LogP contribution in [0.15, 0.2) is 53.9 Å². The van der Waals surface area contributed by atoms with Crippen molar-refractivity contribution >= 4 is 69.1 Å². The third-order valence-electron chi connectivity index (χ3n) is 3.78. The van der Waals surface area contributed by atoms with E-state index in [9.17, 15) is 14.4 Å². The number of ether oxygens (including phenoxy) is 1. The van der Waals surface area contributed by atoms with Crippen molar-refractivity contribution in [3.8, 4) is 0 Å². The molecule has 0 saturated heterocycles. The van der Waals surface area contributed by atoms with Gasteiger partial charge in [0.05, 0.1) is 6.61 Å². The summed E-state index contributed by atoms with van der Waals surface area (Å²) in [6.45, 7) is 1.84. The number of aromatic nitrogens is 1. The number of urea groups is 2. The van der Waals surface area contributed by atoms with Gasteiger partial charge in [-0.25, -0.2) is 24.8 Å². The van der Waals surface area contributed by atoms with E-state index in [1.54, 1.807) is 55.5 Å². The Labute approximate surface area is 197 Å². The normalized spacial score (nSPS) is 10.2. The van der Waals surface area contributed by atoms with Crippen LogP contribution in [0.1, 0.15) is 17.4 Å². The van der Waals surface area contributed by atoms with Gasteiger partial charge >= 0.3 is 18.0 Å². The van der Waals surface area contributed by atoms with Crippen LogP contribution in [0, 0.1) is 0 Å². The van der Waals surface area contributed by atoms with E-state index in [2.05, 4.69) is 21.0 Å². The Kier molecular flexibility index (Phi) is 7.87. The van der Waals surface area contributed by atoms with Gasteiger partial charge in [0.2, 0.25) is 5.13 Å². The summed E-state index contributed by atoms with van der Waals surface area (Å²) >= 11 is 12.7. The number of hydrogen-bond acceptors (Lipinski definition) is 6. The lowest BCUT2D eigenvalue weighted by Gasteiger charge is -2.21. The van der Waals surface area contributed by atoms with E-state index in [1.807, 2.05) is 0 Å².